The van der Waals surface area contributed by atoms with E-state index in [2.05, 4.69) is 10.3 Å². The Balaban J connectivity index is 1.59. The highest BCUT2D eigenvalue weighted by molar-refractivity contribution is 7.89. The van der Waals surface area contributed by atoms with Crippen molar-refractivity contribution in [2.45, 2.75) is 11.8 Å². The highest BCUT2D eigenvalue weighted by atomic mass is 32.2. The first-order valence-electron chi connectivity index (χ1n) is 9.93. The van der Waals surface area contributed by atoms with Crippen LogP contribution in [0.15, 0.2) is 59.5 Å². The summed E-state index contributed by atoms with van der Waals surface area (Å²) in [6.45, 7) is 2.67. The lowest BCUT2D eigenvalue weighted by molar-refractivity contribution is 0.0730. The van der Waals surface area contributed by atoms with Crippen LogP contribution in [0.3, 0.4) is 0 Å². The minimum atomic E-state index is -3.73. The number of aromatic nitrogens is 1. The number of rotatable bonds is 6. The number of nitrogens with zero attached hydrogens (tertiary/aromatic N) is 2. The monoisotopic (exact) mass is 471 g/mol. The van der Waals surface area contributed by atoms with Crippen molar-refractivity contribution in [3.63, 3.8) is 0 Å². The maximum atomic E-state index is 12.9. The Hall–Kier alpha value is -2.92. The van der Waals surface area contributed by atoms with Gasteiger partial charge >= 0.3 is 0 Å². The highest BCUT2D eigenvalue weighted by Gasteiger charge is 2.27. The summed E-state index contributed by atoms with van der Waals surface area (Å²) >= 11 is 1.08. The number of benzene rings is 2. The second-order valence-corrected chi connectivity index (χ2v) is 10.1. The largest absolute Gasteiger partial charge is 0.379 e. The summed E-state index contributed by atoms with van der Waals surface area (Å²) < 4.78 is 32.3. The van der Waals surface area contributed by atoms with Crippen LogP contribution in [0.2, 0.25) is 0 Å². The molecule has 1 aliphatic heterocycles. The van der Waals surface area contributed by atoms with E-state index in [0.29, 0.717) is 23.8 Å². The van der Waals surface area contributed by atoms with Gasteiger partial charge in [-0.25, -0.2) is 13.4 Å². The molecule has 166 valence electrons. The van der Waals surface area contributed by atoms with E-state index in [1.165, 1.54) is 35.5 Å². The molecular weight excluding hydrogens is 450 g/mol. The van der Waals surface area contributed by atoms with E-state index in [-0.39, 0.29) is 34.5 Å². The van der Waals surface area contributed by atoms with Crippen molar-refractivity contribution in [3.05, 3.63) is 65.0 Å². The van der Waals surface area contributed by atoms with E-state index in [0.717, 1.165) is 16.9 Å². The second kappa shape index (κ2) is 9.29. The number of anilines is 1. The first-order chi connectivity index (χ1) is 15.4. The third-order valence-corrected chi connectivity index (χ3v) is 7.88. The molecule has 0 bridgehead atoms. The number of hydrogen-bond acceptors (Lipinski definition) is 7. The predicted octanol–water partition coefficient (Wildman–Crippen LogP) is 3.29. The van der Waals surface area contributed by atoms with E-state index in [4.69, 9.17) is 4.74 Å². The molecule has 0 aliphatic carbocycles. The van der Waals surface area contributed by atoms with Gasteiger partial charge in [-0.3, -0.25) is 14.9 Å². The molecule has 32 heavy (non-hydrogen) atoms. The molecule has 1 saturated heterocycles. The Morgan fingerprint density at radius 1 is 1.06 bits per heavy atom. The smallest absolute Gasteiger partial charge is 0.257 e. The van der Waals surface area contributed by atoms with E-state index >= 15 is 0 Å². The summed E-state index contributed by atoms with van der Waals surface area (Å²) in [5, 5.41) is 2.95. The van der Waals surface area contributed by atoms with Crippen molar-refractivity contribution in [1.82, 2.24) is 9.29 Å². The van der Waals surface area contributed by atoms with Gasteiger partial charge in [-0.05, 0) is 18.2 Å². The number of morpholine rings is 1. The molecule has 0 saturated carbocycles. The average molecular weight is 472 g/mol. The Morgan fingerprint density at radius 2 is 1.78 bits per heavy atom. The van der Waals surface area contributed by atoms with Crippen LogP contribution in [-0.4, -0.2) is 55.7 Å². The van der Waals surface area contributed by atoms with Crippen molar-refractivity contribution in [2.24, 2.45) is 0 Å². The van der Waals surface area contributed by atoms with Crippen molar-refractivity contribution >= 4 is 38.2 Å². The zero-order valence-corrected chi connectivity index (χ0v) is 18.9. The third-order valence-electron chi connectivity index (χ3n) is 4.92. The van der Waals surface area contributed by atoms with Crippen molar-refractivity contribution in [3.8, 4) is 11.3 Å². The number of nitrogens with one attached hydrogen (secondary N) is 1. The Kier molecular flexibility index (Phi) is 6.47. The zero-order valence-electron chi connectivity index (χ0n) is 17.3. The van der Waals surface area contributed by atoms with Gasteiger partial charge in [0.15, 0.2) is 10.9 Å². The van der Waals surface area contributed by atoms with Gasteiger partial charge in [0.05, 0.1) is 28.7 Å². The van der Waals surface area contributed by atoms with Gasteiger partial charge in [0.1, 0.15) is 0 Å². The molecule has 1 N–H and O–H groups in total. The second-order valence-electron chi connectivity index (χ2n) is 7.12. The SMILES string of the molecule is CC(=O)c1sc(NC(=O)c2cccc(S(=O)(=O)N3CCOCC3)c2)nc1-c1ccccc1. The van der Waals surface area contributed by atoms with Crippen LogP contribution in [0.5, 0.6) is 0 Å². The lowest BCUT2D eigenvalue weighted by atomic mass is 10.1. The Bertz CT molecular complexity index is 1250. The molecule has 1 aromatic heterocycles. The van der Waals surface area contributed by atoms with Gasteiger partial charge < -0.3 is 4.74 Å². The molecular formula is C22H21N3O5S2. The number of sulfonamides is 1. The maximum Gasteiger partial charge on any atom is 0.257 e. The molecule has 3 aromatic rings. The summed E-state index contributed by atoms with van der Waals surface area (Å²) in [5.41, 5.74) is 1.45. The maximum absolute atomic E-state index is 12.9. The molecule has 0 atom stereocenters. The highest BCUT2D eigenvalue weighted by Crippen LogP contribution is 2.32. The van der Waals surface area contributed by atoms with Crippen LogP contribution in [0.4, 0.5) is 5.13 Å². The normalized spacial score (nSPS) is 14.8. The predicted molar refractivity (Wildman–Crippen MR) is 122 cm³/mol. The molecule has 0 spiro atoms. The molecule has 2 heterocycles. The molecule has 10 heteroatoms. The van der Waals surface area contributed by atoms with Gasteiger partial charge in [0, 0.05) is 31.1 Å². The van der Waals surface area contributed by atoms with Gasteiger partial charge in [0.2, 0.25) is 10.0 Å². The fourth-order valence-electron chi connectivity index (χ4n) is 3.31. The minimum Gasteiger partial charge on any atom is -0.379 e. The van der Waals surface area contributed by atoms with E-state index in [9.17, 15) is 18.0 Å². The number of ether oxygens (including phenoxy) is 1. The number of amides is 1. The van der Waals surface area contributed by atoms with Crippen molar-refractivity contribution in [2.75, 3.05) is 31.6 Å². The molecule has 4 rings (SSSR count). The molecule has 2 aromatic carbocycles. The zero-order chi connectivity index (χ0) is 22.7. The van der Waals surface area contributed by atoms with E-state index in [1.54, 1.807) is 0 Å². The van der Waals surface area contributed by atoms with Crippen LogP contribution in [0.25, 0.3) is 11.3 Å². The first kappa shape index (κ1) is 22.3. The van der Waals surface area contributed by atoms with E-state index < -0.39 is 15.9 Å². The molecule has 1 fully saturated rings. The Labute approximate surface area is 189 Å². The number of Topliss-reactive ketones (excluding diaryl/α,β-unsaturated/α-hetero) is 1. The first-order valence-corrected chi connectivity index (χ1v) is 12.2. The quantitative estimate of drug-likeness (QED) is 0.553. The summed E-state index contributed by atoms with van der Waals surface area (Å²) in [5.74, 6) is -0.659. The number of carbonyl (C=O) groups excluding carboxylic acids is 2. The van der Waals surface area contributed by atoms with Gasteiger partial charge in [0.25, 0.3) is 5.91 Å². The van der Waals surface area contributed by atoms with Crippen molar-refractivity contribution in [1.29, 1.82) is 0 Å². The van der Waals surface area contributed by atoms with Gasteiger partial charge in [-0.1, -0.05) is 47.7 Å². The van der Waals surface area contributed by atoms with Gasteiger partial charge in [-0.15, -0.1) is 0 Å². The fourth-order valence-corrected chi connectivity index (χ4v) is 5.64. The number of thiazole rings is 1. The topological polar surface area (TPSA) is 106 Å². The fraction of sp³-hybridized carbons (Fsp3) is 0.227. The summed E-state index contributed by atoms with van der Waals surface area (Å²) in [7, 11) is -3.73. The molecule has 8 nitrogen and oxygen atoms in total. The molecule has 1 aliphatic rings. The summed E-state index contributed by atoms with van der Waals surface area (Å²) in [6, 6.07) is 15.1. The number of ketones is 1. The lowest BCUT2D eigenvalue weighted by Crippen LogP contribution is -2.40. The van der Waals surface area contributed by atoms with Crippen LogP contribution in [-0.2, 0) is 14.8 Å². The average Bonchev–Trinajstić information content (AvgIpc) is 3.24. The van der Waals surface area contributed by atoms with Crippen LogP contribution in [0, 0.1) is 0 Å². The third kappa shape index (κ3) is 4.63. The standard InChI is InChI=1S/C22H21N3O5S2/c1-15(26)20-19(16-6-3-2-4-7-16)23-22(31-20)24-21(27)17-8-5-9-18(14-17)32(28,29)25-10-12-30-13-11-25/h2-9,14H,10-13H2,1H3,(H,23,24,27). The number of hydrogen-bond donors (Lipinski definition) is 1. The molecule has 0 unspecified atom stereocenters. The van der Waals surface area contributed by atoms with E-state index in [1.807, 2.05) is 30.3 Å². The Morgan fingerprint density at radius 3 is 2.47 bits per heavy atom. The lowest BCUT2D eigenvalue weighted by Gasteiger charge is -2.26. The van der Waals surface area contributed by atoms with Crippen LogP contribution >= 0.6 is 11.3 Å². The van der Waals surface area contributed by atoms with Crippen LogP contribution < -0.4 is 5.32 Å². The van der Waals surface area contributed by atoms with Gasteiger partial charge in [-0.2, -0.15) is 4.31 Å². The van der Waals surface area contributed by atoms with Crippen molar-refractivity contribution < 1.29 is 22.7 Å². The number of carbonyl (C=O) groups is 2. The van der Waals surface area contributed by atoms with Crippen LogP contribution in [0.1, 0.15) is 27.0 Å². The molecule has 1 amide bonds. The summed E-state index contributed by atoms with van der Waals surface area (Å²) in [6.07, 6.45) is 0. The minimum absolute atomic E-state index is 0.0422. The molecule has 0 radical (unpaired) electrons. The summed E-state index contributed by atoms with van der Waals surface area (Å²) in [4.78, 5) is 29.8.